The lowest BCUT2D eigenvalue weighted by molar-refractivity contribution is -0.138. The summed E-state index contributed by atoms with van der Waals surface area (Å²) < 4.78 is 16.3. The second-order valence-corrected chi connectivity index (χ2v) is 5.97. The average molecular weight is 252 g/mol. The van der Waals surface area contributed by atoms with Crippen molar-refractivity contribution in [1.29, 1.82) is 0 Å². The number of rotatable bonds is 7. The van der Waals surface area contributed by atoms with Gasteiger partial charge in [0.05, 0.1) is 6.61 Å². The Morgan fingerprint density at radius 2 is 2.06 bits per heavy atom. The van der Waals surface area contributed by atoms with Crippen molar-refractivity contribution >= 4 is 15.8 Å². The van der Waals surface area contributed by atoms with Crippen molar-refractivity contribution in [1.82, 2.24) is 0 Å². The Labute approximate surface area is 105 Å². The third-order valence-corrected chi connectivity index (χ3v) is 4.19. The van der Waals surface area contributed by atoms with E-state index in [2.05, 4.69) is 12.6 Å². The second kappa shape index (κ2) is 6.71. The summed E-state index contributed by atoms with van der Waals surface area (Å²) in [6, 6.07) is 8.13. The quantitative estimate of drug-likeness (QED) is 0.548. The Kier molecular flexibility index (Phi) is 5.57. The summed E-state index contributed by atoms with van der Waals surface area (Å²) in [5, 5.41) is 0. The minimum Gasteiger partial charge on any atom is -0.414 e. The first-order valence-corrected chi connectivity index (χ1v) is 6.81. The van der Waals surface area contributed by atoms with Crippen molar-refractivity contribution < 1.29 is 13.9 Å². The zero-order valence-corrected chi connectivity index (χ0v) is 12.1. The van der Waals surface area contributed by atoms with Crippen LogP contribution in [0.4, 0.5) is 0 Å². The highest BCUT2D eigenvalue weighted by Gasteiger charge is 2.23. The summed E-state index contributed by atoms with van der Waals surface area (Å²) in [7, 11) is 2.37. The molecule has 94 valence electrons. The van der Waals surface area contributed by atoms with E-state index in [1.807, 2.05) is 31.2 Å². The van der Waals surface area contributed by atoms with Crippen LogP contribution >= 0.6 is 0 Å². The SMILES string of the molecule is C=Cc1cccc(CO[SiH2]C(C)(OC)OC)c1. The molecule has 0 fully saturated rings. The van der Waals surface area contributed by atoms with Gasteiger partial charge in [-0.2, -0.15) is 0 Å². The van der Waals surface area contributed by atoms with E-state index in [1.165, 1.54) is 0 Å². The lowest BCUT2D eigenvalue weighted by Gasteiger charge is -2.25. The van der Waals surface area contributed by atoms with Crippen LogP contribution in [0.3, 0.4) is 0 Å². The van der Waals surface area contributed by atoms with Gasteiger partial charge in [0.15, 0.2) is 5.41 Å². The van der Waals surface area contributed by atoms with Crippen molar-refractivity contribution in [3.63, 3.8) is 0 Å². The van der Waals surface area contributed by atoms with Gasteiger partial charge in [-0.1, -0.05) is 30.9 Å². The standard InChI is InChI=1S/C13H20O3Si/c1-5-11-7-6-8-12(9-11)10-16-17-13(2,14-3)15-4/h5-9H,1,10,17H2,2-4H3. The molecular weight excluding hydrogens is 232 g/mol. The van der Waals surface area contributed by atoms with Crippen molar-refractivity contribution in [3.05, 3.63) is 42.0 Å². The molecule has 0 saturated carbocycles. The van der Waals surface area contributed by atoms with E-state index in [0.29, 0.717) is 6.61 Å². The van der Waals surface area contributed by atoms with E-state index >= 15 is 0 Å². The van der Waals surface area contributed by atoms with Crippen LogP contribution in [-0.2, 0) is 20.5 Å². The third-order valence-electron chi connectivity index (χ3n) is 2.68. The van der Waals surface area contributed by atoms with Gasteiger partial charge in [0.1, 0.15) is 0 Å². The van der Waals surface area contributed by atoms with Crippen molar-refractivity contribution in [2.75, 3.05) is 14.2 Å². The molecule has 0 heterocycles. The Bertz CT molecular complexity index is 361. The van der Waals surface area contributed by atoms with Crippen molar-refractivity contribution in [2.45, 2.75) is 18.9 Å². The van der Waals surface area contributed by atoms with Crippen LogP contribution in [-0.4, -0.2) is 29.4 Å². The smallest absolute Gasteiger partial charge is 0.227 e. The number of hydrogen-bond donors (Lipinski definition) is 0. The van der Waals surface area contributed by atoms with Gasteiger partial charge in [-0.15, -0.1) is 0 Å². The molecule has 0 spiro atoms. The first-order chi connectivity index (χ1) is 8.13. The molecule has 0 amide bonds. The van der Waals surface area contributed by atoms with E-state index in [1.54, 1.807) is 14.2 Å². The first-order valence-electron chi connectivity index (χ1n) is 5.53. The minimum atomic E-state index is -0.904. The molecule has 0 unspecified atom stereocenters. The molecule has 0 saturated heterocycles. The van der Waals surface area contributed by atoms with Crippen LogP contribution in [0.1, 0.15) is 18.1 Å². The molecule has 0 aliphatic rings. The summed E-state index contributed by atoms with van der Waals surface area (Å²) >= 11 is 0. The average Bonchev–Trinajstić information content (AvgIpc) is 2.39. The van der Waals surface area contributed by atoms with E-state index in [-0.39, 0.29) is 0 Å². The molecule has 1 rings (SSSR count). The maximum absolute atomic E-state index is 5.72. The van der Waals surface area contributed by atoms with Crippen LogP contribution in [0.25, 0.3) is 6.08 Å². The first kappa shape index (κ1) is 14.1. The molecule has 0 aliphatic heterocycles. The maximum atomic E-state index is 5.72. The molecule has 0 atom stereocenters. The lowest BCUT2D eigenvalue weighted by atomic mass is 10.1. The van der Waals surface area contributed by atoms with Crippen LogP contribution < -0.4 is 0 Å². The third kappa shape index (κ3) is 4.44. The molecular formula is C13H20O3Si. The fraction of sp³-hybridized carbons (Fsp3) is 0.385. The maximum Gasteiger partial charge on any atom is 0.227 e. The molecule has 0 aromatic heterocycles. The van der Waals surface area contributed by atoms with Crippen molar-refractivity contribution in [3.8, 4) is 0 Å². The fourth-order valence-corrected chi connectivity index (χ4v) is 2.31. The number of benzene rings is 1. The van der Waals surface area contributed by atoms with Crippen LogP contribution in [0.2, 0.25) is 0 Å². The van der Waals surface area contributed by atoms with Gasteiger partial charge < -0.3 is 13.9 Å². The molecule has 0 radical (unpaired) electrons. The van der Waals surface area contributed by atoms with E-state index in [4.69, 9.17) is 13.9 Å². The van der Waals surface area contributed by atoms with Gasteiger partial charge in [-0.05, 0) is 24.1 Å². The highest BCUT2D eigenvalue weighted by atomic mass is 28.2. The van der Waals surface area contributed by atoms with Gasteiger partial charge in [-0.3, -0.25) is 0 Å². The Morgan fingerprint density at radius 1 is 1.35 bits per heavy atom. The largest absolute Gasteiger partial charge is 0.414 e. The van der Waals surface area contributed by atoms with Gasteiger partial charge in [0.25, 0.3) is 0 Å². The van der Waals surface area contributed by atoms with Crippen LogP contribution in [0.5, 0.6) is 0 Å². The fourth-order valence-electron chi connectivity index (χ4n) is 1.37. The van der Waals surface area contributed by atoms with Gasteiger partial charge in [-0.25, -0.2) is 0 Å². The molecule has 1 aromatic carbocycles. The summed E-state index contributed by atoms with van der Waals surface area (Å²) in [6.45, 7) is 6.24. The summed E-state index contributed by atoms with van der Waals surface area (Å²) in [6.07, 6.45) is 1.83. The molecule has 0 N–H and O–H groups in total. The molecule has 3 nitrogen and oxygen atoms in total. The van der Waals surface area contributed by atoms with Crippen LogP contribution in [0.15, 0.2) is 30.8 Å². The van der Waals surface area contributed by atoms with Crippen LogP contribution in [0, 0.1) is 0 Å². The van der Waals surface area contributed by atoms with Gasteiger partial charge in [0, 0.05) is 14.2 Å². The number of hydrogen-bond acceptors (Lipinski definition) is 3. The van der Waals surface area contributed by atoms with Gasteiger partial charge >= 0.3 is 0 Å². The highest BCUT2D eigenvalue weighted by Crippen LogP contribution is 2.11. The summed E-state index contributed by atoms with van der Waals surface area (Å²) in [5.74, 6) is 0. The minimum absolute atomic E-state index is 0.546. The normalized spacial score (nSPS) is 12.2. The van der Waals surface area contributed by atoms with E-state index < -0.39 is 15.2 Å². The lowest BCUT2D eigenvalue weighted by Crippen LogP contribution is -2.38. The molecule has 4 heteroatoms. The zero-order chi connectivity index (χ0) is 12.7. The molecule has 0 bridgehead atoms. The summed E-state index contributed by atoms with van der Waals surface area (Å²) in [5.41, 5.74) is 1.70. The Hall–Kier alpha value is -0.943. The molecule has 17 heavy (non-hydrogen) atoms. The molecule has 1 aromatic rings. The highest BCUT2D eigenvalue weighted by molar-refractivity contribution is 6.30. The second-order valence-electron chi connectivity index (χ2n) is 3.98. The summed E-state index contributed by atoms with van der Waals surface area (Å²) in [4.78, 5) is 0. The zero-order valence-electron chi connectivity index (χ0n) is 10.7. The number of methoxy groups -OCH3 is 2. The molecule has 0 aliphatic carbocycles. The Balaban J connectivity index is 2.47. The van der Waals surface area contributed by atoms with E-state index in [9.17, 15) is 0 Å². The van der Waals surface area contributed by atoms with E-state index in [0.717, 1.165) is 11.1 Å². The topological polar surface area (TPSA) is 27.7 Å². The predicted octanol–water partition coefficient (Wildman–Crippen LogP) is 1.90. The Morgan fingerprint density at radius 3 is 2.65 bits per heavy atom. The monoisotopic (exact) mass is 252 g/mol. The number of ether oxygens (including phenoxy) is 2. The van der Waals surface area contributed by atoms with Gasteiger partial charge in [0.2, 0.25) is 9.76 Å². The van der Waals surface area contributed by atoms with Crippen molar-refractivity contribution in [2.24, 2.45) is 0 Å². The predicted molar refractivity (Wildman–Crippen MR) is 72.3 cm³/mol.